The van der Waals surface area contributed by atoms with Crippen LogP contribution in [0.1, 0.15) is 36.5 Å². The fourth-order valence-electron chi connectivity index (χ4n) is 3.09. The maximum atomic E-state index is 12.7. The number of aryl methyl sites for hydroxylation is 1. The quantitative estimate of drug-likeness (QED) is 0.697. The van der Waals surface area contributed by atoms with E-state index in [2.05, 4.69) is 31.0 Å². The molecule has 0 spiro atoms. The summed E-state index contributed by atoms with van der Waals surface area (Å²) in [6.07, 6.45) is 1.46. The summed E-state index contributed by atoms with van der Waals surface area (Å²) in [4.78, 5) is 31.2. The predicted molar refractivity (Wildman–Crippen MR) is 108 cm³/mol. The summed E-state index contributed by atoms with van der Waals surface area (Å²) in [5.41, 5.74) is 3.79. The van der Waals surface area contributed by atoms with E-state index in [-0.39, 0.29) is 18.0 Å². The van der Waals surface area contributed by atoms with Gasteiger partial charge in [0.2, 0.25) is 5.91 Å². The van der Waals surface area contributed by atoms with Crippen LogP contribution in [0.4, 0.5) is 0 Å². The van der Waals surface area contributed by atoms with Gasteiger partial charge in [0, 0.05) is 13.6 Å². The summed E-state index contributed by atoms with van der Waals surface area (Å²) in [5, 5.41) is 0.539. The van der Waals surface area contributed by atoms with Crippen molar-refractivity contribution in [1.29, 1.82) is 0 Å². The number of aromatic nitrogens is 2. The predicted octanol–water partition coefficient (Wildman–Crippen LogP) is 3.49. The first kappa shape index (κ1) is 18.8. The van der Waals surface area contributed by atoms with Crippen molar-refractivity contribution in [3.8, 4) is 0 Å². The van der Waals surface area contributed by atoms with Gasteiger partial charge in [-0.05, 0) is 35.6 Å². The van der Waals surface area contributed by atoms with Crippen LogP contribution in [0.25, 0.3) is 10.9 Å². The molecule has 0 aliphatic heterocycles. The fourth-order valence-corrected chi connectivity index (χ4v) is 3.09. The molecule has 140 valence electrons. The lowest BCUT2D eigenvalue weighted by Crippen LogP contribution is -2.33. The van der Waals surface area contributed by atoms with Crippen LogP contribution in [0.2, 0.25) is 0 Å². The molecule has 0 N–H and O–H groups in total. The van der Waals surface area contributed by atoms with Crippen LogP contribution in [0.5, 0.6) is 0 Å². The first-order valence-electron chi connectivity index (χ1n) is 9.14. The minimum Gasteiger partial charge on any atom is -0.340 e. The van der Waals surface area contributed by atoms with Crippen LogP contribution >= 0.6 is 0 Å². The summed E-state index contributed by atoms with van der Waals surface area (Å²) in [6.45, 7) is 6.72. The highest BCUT2D eigenvalue weighted by molar-refractivity contribution is 5.81. The zero-order valence-corrected chi connectivity index (χ0v) is 16.3. The molecule has 0 aliphatic carbocycles. The Hall–Kier alpha value is -2.95. The molecule has 0 bridgehead atoms. The summed E-state index contributed by atoms with van der Waals surface area (Å²) >= 11 is 0. The molecule has 0 atom stereocenters. The first-order valence-corrected chi connectivity index (χ1v) is 9.14. The molecule has 1 heterocycles. The van der Waals surface area contributed by atoms with E-state index in [0.29, 0.717) is 23.4 Å². The van der Waals surface area contributed by atoms with Crippen molar-refractivity contribution in [2.45, 2.75) is 39.8 Å². The van der Waals surface area contributed by atoms with E-state index >= 15 is 0 Å². The highest BCUT2D eigenvalue weighted by Gasteiger charge is 2.13. The Labute approximate surface area is 159 Å². The van der Waals surface area contributed by atoms with Gasteiger partial charge in [0.15, 0.2) is 0 Å². The Morgan fingerprint density at radius 3 is 2.52 bits per heavy atom. The average molecular weight is 363 g/mol. The summed E-state index contributed by atoms with van der Waals surface area (Å²) in [6, 6.07) is 13.8. The summed E-state index contributed by atoms with van der Waals surface area (Å²) in [7, 11) is 1.75. The highest BCUT2D eigenvalue weighted by atomic mass is 16.2. The van der Waals surface area contributed by atoms with Crippen molar-refractivity contribution in [3.63, 3.8) is 0 Å². The van der Waals surface area contributed by atoms with E-state index in [9.17, 15) is 9.59 Å². The molecule has 3 aromatic rings. The number of amides is 1. The van der Waals surface area contributed by atoms with Crippen molar-refractivity contribution in [1.82, 2.24) is 14.5 Å². The molecule has 0 unspecified atom stereocenters. The minimum atomic E-state index is -0.188. The third kappa shape index (κ3) is 4.08. The van der Waals surface area contributed by atoms with Crippen LogP contribution in [0, 0.1) is 6.92 Å². The molecule has 5 heteroatoms. The summed E-state index contributed by atoms with van der Waals surface area (Å²) < 4.78 is 1.38. The van der Waals surface area contributed by atoms with E-state index in [4.69, 9.17) is 0 Å². The Bertz CT molecular complexity index is 1020. The van der Waals surface area contributed by atoms with Gasteiger partial charge in [0.05, 0.1) is 17.2 Å². The zero-order chi connectivity index (χ0) is 19.6. The van der Waals surface area contributed by atoms with Crippen LogP contribution in [0.15, 0.2) is 53.6 Å². The van der Waals surface area contributed by atoms with Gasteiger partial charge < -0.3 is 4.90 Å². The number of fused-ring (bicyclic) bond motifs is 1. The van der Waals surface area contributed by atoms with E-state index in [1.165, 1.54) is 16.5 Å². The molecule has 5 nitrogen and oxygen atoms in total. The molecule has 0 radical (unpaired) electrons. The van der Waals surface area contributed by atoms with Gasteiger partial charge in [-0.15, -0.1) is 0 Å². The number of hydrogen-bond donors (Lipinski definition) is 0. The fraction of sp³-hybridized carbons (Fsp3) is 0.318. The Morgan fingerprint density at radius 2 is 1.85 bits per heavy atom. The molecule has 0 aliphatic rings. The number of nitrogens with zero attached hydrogens (tertiary/aromatic N) is 3. The van der Waals surface area contributed by atoms with Gasteiger partial charge in [-0.3, -0.25) is 14.2 Å². The molecule has 2 aromatic carbocycles. The van der Waals surface area contributed by atoms with Crippen LogP contribution in [-0.2, 0) is 17.9 Å². The topological polar surface area (TPSA) is 55.2 Å². The molecule has 0 saturated heterocycles. The van der Waals surface area contributed by atoms with Gasteiger partial charge in [-0.25, -0.2) is 4.98 Å². The maximum Gasteiger partial charge on any atom is 0.261 e. The molecular formula is C22H25N3O2. The summed E-state index contributed by atoms with van der Waals surface area (Å²) in [5.74, 6) is 0.355. The SMILES string of the molecule is Cc1cccc2c(=O)n(CC(=O)N(C)Cc3ccc(C(C)C)cc3)cnc12. The van der Waals surface area contributed by atoms with Crippen molar-refractivity contribution in [2.75, 3.05) is 7.05 Å². The number of hydrogen-bond acceptors (Lipinski definition) is 3. The number of likely N-dealkylation sites (N-methyl/N-ethyl adjacent to an activating group) is 1. The lowest BCUT2D eigenvalue weighted by atomic mass is 10.0. The Kier molecular flexibility index (Phi) is 5.40. The molecular weight excluding hydrogens is 338 g/mol. The standard InChI is InChI=1S/C22H25N3O2/c1-15(2)18-10-8-17(9-11-18)12-24(4)20(26)13-25-14-23-21-16(3)6-5-7-19(21)22(25)27/h5-11,14-15H,12-13H2,1-4H3. The zero-order valence-electron chi connectivity index (χ0n) is 16.3. The van der Waals surface area contributed by atoms with E-state index in [1.54, 1.807) is 18.0 Å². The lowest BCUT2D eigenvalue weighted by Gasteiger charge is -2.18. The first-order chi connectivity index (χ1) is 12.9. The number of benzene rings is 2. The number of carbonyl (C=O) groups excluding carboxylic acids is 1. The van der Waals surface area contributed by atoms with E-state index in [1.807, 2.05) is 31.2 Å². The third-order valence-electron chi connectivity index (χ3n) is 4.85. The van der Waals surface area contributed by atoms with Gasteiger partial charge in [-0.2, -0.15) is 0 Å². The largest absolute Gasteiger partial charge is 0.340 e. The minimum absolute atomic E-state index is 0.0176. The Morgan fingerprint density at radius 1 is 1.15 bits per heavy atom. The molecule has 27 heavy (non-hydrogen) atoms. The van der Waals surface area contributed by atoms with Gasteiger partial charge in [0.25, 0.3) is 5.56 Å². The van der Waals surface area contributed by atoms with Crippen molar-refractivity contribution < 1.29 is 4.79 Å². The number of rotatable bonds is 5. The van der Waals surface area contributed by atoms with Crippen molar-refractivity contribution in [3.05, 3.63) is 75.8 Å². The van der Waals surface area contributed by atoms with Crippen LogP contribution < -0.4 is 5.56 Å². The second-order valence-corrected chi connectivity index (χ2v) is 7.29. The van der Waals surface area contributed by atoms with Gasteiger partial charge in [-0.1, -0.05) is 50.2 Å². The van der Waals surface area contributed by atoms with Gasteiger partial charge >= 0.3 is 0 Å². The molecule has 3 rings (SSSR count). The second-order valence-electron chi connectivity index (χ2n) is 7.29. The lowest BCUT2D eigenvalue weighted by molar-refractivity contribution is -0.131. The molecule has 1 aromatic heterocycles. The van der Waals surface area contributed by atoms with Crippen LogP contribution in [-0.4, -0.2) is 27.4 Å². The third-order valence-corrected chi connectivity index (χ3v) is 4.85. The normalized spacial score (nSPS) is 11.1. The average Bonchev–Trinajstić information content (AvgIpc) is 2.65. The van der Waals surface area contributed by atoms with Crippen molar-refractivity contribution in [2.24, 2.45) is 0 Å². The highest BCUT2D eigenvalue weighted by Crippen LogP contribution is 2.15. The molecule has 0 fully saturated rings. The monoisotopic (exact) mass is 363 g/mol. The molecule has 1 amide bonds. The van der Waals surface area contributed by atoms with Crippen molar-refractivity contribution >= 4 is 16.8 Å². The second kappa shape index (κ2) is 7.74. The van der Waals surface area contributed by atoms with E-state index < -0.39 is 0 Å². The number of carbonyl (C=O) groups is 1. The smallest absolute Gasteiger partial charge is 0.261 e. The van der Waals surface area contributed by atoms with Crippen LogP contribution in [0.3, 0.4) is 0 Å². The van der Waals surface area contributed by atoms with E-state index in [0.717, 1.165) is 11.1 Å². The van der Waals surface area contributed by atoms with Gasteiger partial charge in [0.1, 0.15) is 6.54 Å². The number of para-hydroxylation sites is 1. The maximum absolute atomic E-state index is 12.7. The Balaban J connectivity index is 1.74. The molecule has 0 saturated carbocycles.